The normalized spacial score (nSPS) is 16.9. The van der Waals surface area contributed by atoms with Crippen LogP contribution in [-0.2, 0) is 4.79 Å². The summed E-state index contributed by atoms with van der Waals surface area (Å²) in [5, 5.41) is 20.6. The van der Waals surface area contributed by atoms with Gasteiger partial charge in [0.1, 0.15) is 5.69 Å². The van der Waals surface area contributed by atoms with Crippen LogP contribution in [0.25, 0.3) is 0 Å². The molecule has 1 aliphatic heterocycles. The van der Waals surface area contributed by atoms with E-state index in [4.69, 9.17) is 0 Å². The number of carbonyl (C=O) groups is 1. The minimum Gasteiger partial charge on any atom is -0.378 e. The van der Waals surface area contributed by atoms with Gasteiger partial charge in [0.15, 0.2) is 5.96 Å². The Kier molecular flexibility index (Phi) is 7.84. The monoisotopic (exact) mass is 376 g/mol. The van der Waals surface area contributed by atoms with Crippen molar-refractivity contribution < 1.29 is 9.72 Å². The van der Waals surface area contributed by atoms with E-state index < -0.39 is 4.92 Å². The molecule has 9 heteroatoms. The summed E-state index contributed by atoms with van der Waals surface area (Å²) in [4.78, 5) is 28.8. The second-order valence-electron chi connectivity index (χ2n) is 6.28. The number of hydrogen-bond donors (Lipinski definition) is 3. The van der Waals surface area contributed by atoms with Gasteiger partial charge in [-0.25, -0.2) is 0 Å². The Labute approximate surface area is 159 Å². The fourth-order valence-corrected chi connectivity index (χ4v) is 2.98. The number of nitro benzene ring substituents is 1. The number of nitro groups is 1. The first-order valence-electron chi connectivity index (χ1n) is 9.35. The van der Waals surface area contributed by atoms with Crippen LogP contribution in [0, 0.1) is 10.1 Å². The zero-order valence-electron chi connectivity index (χ0n) is 15.9. The van der Waals surface area contributed by atoms with Crippen LogP contribution in [0.1, 0.15) is 26.7 Å². The van der Waals surface area contributed by atoms with Crippen molar-refractivity contribution in [1.82, 2.24) is 15.5 Å². The first-order chi connectivity index (χ1) is 13.0. The van der Waals surface area contributed by atoms with Crippen molar-refractivity contribution in [2.75, 3.05) is 38.0 Å². The molecule has 2 rings (SSSR count). The SMILES string of the molecule is CCNC(=NCCNc1ccccc1[N+](=O)[O-])NC1CCN(C(=O)CC)C1. The van der Waals surface area contributed by atoms with Crippen molar-refractivity contribution in [3.8, 4) is 0 Å². The molecule has 3 N–H and O–H groups in total. The van der Waals surface area contributed by atoms with Gasteiger partial charge in [0.2, 0.25) is 5.91 Å². The summed E-state index contributed by atoms with van der Waals surface area (Å²) in [5.74, 6) is 0.868. The predicted octanol–water partition coefficient (Wildman–Crippen LogP) is 1.57. The number of guanidine groups is 1. The average molecular weight is 376 g/mol. The molecule has 1 unspecified atom stereocenters. The van der Waals surface area contributed by atoms with Crippen LogP contribution in [0.3, 0.4) is 0 Å². The highest BCUT2D eigenvalue weighted by molar-refractivity contribution is 5.80. The maximum atomic E-state index is 11.8. The molecule has 1 aliphatic rings. The van der Waals surface area contributed by atoms with Crippen LogP contribution < -0.4 is 16.0 Å². The molecule has 9 nitrogen and oxygen atoms in total. The van der Waals surface area contributed by atoms with Crippen LogP contribution in [0.5, 0.6) is 0 Å². The van der Waals surface area contributed by atoms with Gasteiger partial charge in [-0.1, -0.05) is 19.1 Å². The third-order valence-electron chi connectivity index (χ3n) is 4.33. The average Bonchev–Trinajstić information content (AvgIpc) is 3.13. The van der Waals surface area contributed by atoms with Gasteiger partial charge in [-0.3, -0.25) is 19.9 Å². The zero-order valence-corrected chi connectivity index (χ0v) is 15.9. The summed E-state index contributed by atoms with van der Waals surface area (Å²) in [6, 6.07) is 6.74. The van der Waals surface area contributed by atoms with Crippen molar-refractivity contribution in [1.29, 1.82) is 0 Å². The summed E-state index contributed by atoms with van der Waals surface area (Å²) in [6.45, 7) is 6.99. The fraction of sp³-hybridized carbons (Fsp3) is 0.556. The maximum Gasteiger partial charge on any atom is 0.292 e. The fourth-order valence-electron chi connectivity index (χ4n) is 2.98. The summed E-state index contributed by atoms with van der Waals surface area (Å²) in [6.07, 6.45) is 1.42. The number of rotatable bonds is 8. The van der Waals surface area contributed by atoms with E-state index in [-0.39, 0.29) is 17.6 Å². The van der Waals surface area contributed by atoms with E-state index in [9.17, 15) is 14.9 Å². The Hall–Kier alpha value is -2.84. The zero-order chi connectivity index (χ0) is 19.6. The molecule has 0 bridgehead atoms. The van der Waals surface area contributed by atoms with Gasteiger partial charge in [0.05, 0.1) is 11.5 Å². The number of likely N-dealkylation sites (tertiary alicyclic amines) is 1. The number of benzene rings is 1. The van der Waals surface area contributed by atoms with E-state index >= 15 is 0 Å². The molecule has 1 fully saturated rings. The molecule has 1 atom stereocenters. The number of nitrogens with one attached hydrogen (secondary N) is 3. The van der Waals surface area contributed by atoms with Gasteiger partial charge in [0, 0.05) is 44.7 Å². The Balaban J connectivity index is 1.85. The minimum atomic E-state index is -0.402. The lowest BCUT2D eigenvalue weighted by atomic mass is 10.2. The van der Waals surface area contributed by atoms with Crippen molar-refractivity contribution >= 4 is 23.2 Å². The minimum absolute atomic E-state index is 0.0538. The summed E-state index contributed by atoms with van der Waals surface area (Å²) in [7, 11) is 0. The third kappa shape index (κ3) is 6.12. The molecule has 0 radical (unpaired) electrons. The molecule has 1 aromatic rings. The van der Waals surface area contributed by atoms with Gasteiger partial charge in [-0.05, 0) is 19.4 Å². The van der Waals surface area contributed by atoms with E-state index in [2.05, 4.69) is 20.9 Å². The molecular weight excluding hydrogens is 348 g/mol. The molecule has 1 amide bonds. The molecule has 0 spiro atoms. The number of carbonyl (C=O) groups excluding carboxylic acids is 1. The second kappa shape index (κ2) is 10.3. The third-order valence-corrected chi connectivity index (χ3v) is 4.33. The number of anilines is 1. The van der Waals surface area contributed by atoms with Gasteiger partial charge < -0.3 is 20.9 Å². The second-order valence-corrected chi connectivity index (χ2v) is 6.28. The topological polar surface area (TPSA) is 112 Å². The molecular formula is C18H28N6O3. The van der Waals surface area contributed by atoms with Crippen LogP contribution in [-0.4, -0.2) is 60.5 Å². The molecule has 27 heavy (non-hydrogen) atoms. The van der Waals surface area contributed by atoms with Crippen LogP contribution in [0.4, 0.5) is 11.4 Å². The largest absolute Gasteiger partial charge is 0.378 e. The lowest BCUT2D eigenvalue weighted by Crippen LogP contribution is -2.45. The predicted molar refractivity (Wildman–Crippen MR) is 106 cm³/mol. The first kappa shape index (κ1) is 20.5. The van der Waals surface area contributed by atoms with Crippen molar-refractivity contribution in [3.05, 3.63) is 34.4 Å². The van der Waals surface area contributed by atoms with Crippen LogP contribution in [0.2, 0.25) is 0 Å². The maximum absolute atomic E-state index is 11.8. The lowest BCUT2D eigenvalue weighted by molar-refractivity contribution is -0.384. The molecule has 0 aromatic heterocycles. The molecule has 148 valence electrons. The Morgan fingerprint density at radius 3 is 2.85 bits per heavy atom. The number of para-hydroxylation sites is 2. The summed E-state index contributed by atoms with van der Waals surface area (Å²) in [5.41, 5.74) is 0.540. The highest BCUT2D eigenvalue weighted by Crippen LogP contribution is 2.22. The van der Waals surface area contributed by atoms with E-state index in [0.29, 0.717) is 37.7 Å². The summed E-state index contributed by atoms with van der Waals surface area (Å²) < 4.78 is 0. The van der Waals surface area contributed by atoms with Gasteiger partial charge in [0.25, 0.3) is 5.69 Å². The van der Waals surface area contributed by atoms with E-state index in [1.807, 2.05) is 18.7 Å². The number of nitrogens with zero attached hydrogens (tertiary/aromatic N) is 3. The number of aliphatic imine (C=N–C) groups is 1. The molecule has 0 saturated carbocycles. The Bertz CT molecular complexity index is 679. The molecule has 1 heterocycles. The number of hydrogen-bond acceptors (Lipinski definition) is 5. The van der Waals surface area contributed by atoms with E-state index in [0.717, 1.165) is 19.5 Å². The first-order valence-corrected chi connectivity index (χ1v) is 9.35. The molecule has 1 aromatic carbocycles. The standard InChI is InChI=1S/C18H28N6O3/c1-3-17(25)23-12-9-14(13-23)22-18(19-4-2)21-11-10-20-15-7-5-6-8-16(15)24(26)27/h5-8,14,20H,3-4,9-13H2,1-2H3,(H2,19,21,22). The van der Waals surface area contributed by atoms with Crippen molar-refractivity contribution in [2.45, 2.75) is 32.7 Å². The van der Waals surface area contributed by atoms with E-state index in [1.54, 1.807) is 18.2 Å². The number of amides is 1. The van der Waals surface area contributed by atoms with E-state index in [1.165, 1.54) is 6.07 Å². The molecule has 0 aliphatic carbocycles. The van der Waals surface area contributed by atoms with Gasteiger partial charge >= 0.3 is 0 Å². The lowest BCUT2D eigenvalue weighted by Gasteiger charge is -2.18. The summed E-state index contributed by atoms with van der Waals surface area (Å²) >= 11 is 0. The highest BCUT2D eigenvalue weighted by Gasteiger charge is 2.25. The van der Waals surface area contributed by atoms with Gasteiger partial charge in [-0.15, -0.1) is 0 Å². The Morgan fingerprint density at radius 2 is 2.15 bits per heavy atom. The smallest absolute Gasteiger partial charge is 0.292 e. The van der Waals surface area contributed by atoms with Gasteiger partial charge in [-0.2, -0.15) is 0 Å². The van der Waals surface area contributed by atoms with Crippen molar-refractivity contribution in [3.63, 3.8) is 0 Å². The van der Waals surface area contributed by atoms with Crippen molar-refractivity contribution in [2.24, 2.45) is 4.99 Å². The quantitative estimate of drug-likeness (QED) is 0.209. The Morgan fingerprint density at radius 1 is 1.37 bits per heavy atom. The molecule has 1 saturated heterocycles. The van der Waals surface area contributed by atoms with Crippen LogP contribution >= 0.6 is 0 Å². The van der Waals surface area contributed by atoms with Crippen LogP contribution in [0.15, 0.2) is 29.3 Å². The highest BCUT2D eigenvalue weighted by atomic mass is 16.6.